The van der Waals surface area contributed by atoms with Crippen LogP contribution in [0.15, 0.2) is 53.6 Å². The molecule has 0 atom stereocenters. The maximum atomic E-state index is 5.94. The zero-order chi connectivity index (χ0) is 15.2. The van der Waals surface area contributed by atoms with Crippen LogP contribution in [-0.4, -0.2) is 19.3 Å². The van der Waals surface area contributed by atoms with Gasteiger partial charge in [0.1, 0.15) is 0 Å². The molecular formula is C18H20ClN3. The summed E-state index contributed by atoms with van der Waals surface area (Å²) in [6.45, 7) is 2.34. The second-order valence-corrected chi connectivity index (χ2v) is 5.96. The molecule has 1 N–H and O–H groups in total. The van der Waals surface area contributed by atoms with Gasteiger partial charge >= 0.3 is 0 Å². The van der Waals surface area contributed by atoms with Crippen molar-refractivity contribution in [2.24, 2.45) is 5.10 Å². The number of nitrogens with zero attached hydrogens (tertiary/aromatic N) is 2. The molecule has 0 amide bonds. The molecule has 3 rings (SSSR count). The van der Waals surface area contributed by atoms with Crippen molar-refractivity contribution in [1.29, 1.82) is 0 Å². The summed E-state index contributed by atoms with van der Waals surface area (Å²) in [6, 6.07) is 16.1. The SMILES string of the molecule is Clc1cccc(N/N=C\c2ccc(N3CCCCC3)cc2)c1. The van der Waals surface area contributed by atoms with E-state index in [1.165, 1.54) is 38.0 Å². The van der Waals surface area contributed by atoms with Crippen molar-refractivity contribution in [2.75, 3.05) is 23.4 Å². The fourth-order valence-corrected chi connectivity index (χ4v) is 2.85. The zero-order valence-electron chi connectivity index (χ0n) is 12.5. The molecule has 1 aliphatic heterocycles. The Morgan fingerprint density at radius 2 is 1.77 bits per heavy atom. The lowest BCUT2D eigenvalue weighted by Crippen LogP contribution is -2.29. The Kier molecular flexibility index (Phi) is 4.96. The van der Waals surface area contributed by atoms with Gasteiger partial charge in [0.15, 0.2) is 0 Å². The van der Waals surface area contributed by atoms with Gasteiger partial charge in [0.05, 0.1) is 11.9 Å². The summed E-state index contributed by atoms with van der Waals surface area (Å²) in [5, 5.41) is 4.95. The highest BCUT2D eigenvalue weighted by molar-refractivity contribution is 6.30. The number of hydrogen-bond acceptors (Lipinski definition) is 3. The molecule has 22 heavy (non-hydrogen) atoms. The van der Waals surface area contributed by atoms with Crippen LogP contribution in [0.2, 0.25) is 5.02 Å². The van der Waals surface area contributed by atoms with Gasteiger partial charge in [-0.2, -0.15) is 5.10 Å². The first-order valence-corrected chi connectivity index (χ1v) is 8.09. The lowest BCUT2D eigenvalue weighted by molar-refractivity contribution is 0.578. The Balaban J connectivity index is 1.59. The van der Waals surface area contributed by atoms with Crippen molar-refractivity contribution in [2.45, 2.75) is 19.3 Å². The Hall–Kier alpha value is -2.00. The summed E-state index contributed by atoms with van der Waals surface area (Å²) >= 11 is 5.94. The fraction of sp³-hybridized carbons (Fsp3) is 0.278. The van der Waals surface area contributed by atoms with Crippen LogP contribution < -0.4 is 10.3 Å². The molecule has 1 fully saturated rings. The minimum atomic E-state index is 0.700. The molecule has 0 bridgehead atoms. The number of hydrazone groups is 1. The number of halogens is 1. The lowest BCUT2D eigenvalue weighted by atomic mass is 10.1. The van der Waals surface area contributed by atoms with Crippen LogP contribution in [0.4, 0.5) is 11.4 Å². The molecule has 3 nitrogen and oxygen atoms in total. The number of benzene rings is 2. The van der Waals surface area contributed by atoms with Crippen molar-refractivity contribution >= 4 is 29.2 Å². The van der Waals surface area contributed by atoms with Gasteiger partial charge in [-0.05, 0) is 55.2 Å². The van der Waals surface area contributed by atoms with Gasteiger partial charge < -0.3 is 4.90 Å². The standard InChI is InChI=1S/C18H20ClN3/c19-16-5-4-6-17(13-16)21-20-14-15-7-9-18(10-8-15)22-11-2-1-3-12-22/h4-10,13-14,21H,1-3,11-12H2/b20-14-. The van der Waals surface area contributed by atoms with E-state index in [1.807, 2.05) is 30.5 Å². The van der Waals surface area contributed by atoms with Crippen molar-refractivity contribution in [3.63, 3.8) is 0 Å². The van der Waals surface area contributed by atoms with Gasteiger partial charge in [-0.25, -0.2) is 0 Å². The van der Waals surface area contributed by atoms with Crippen molar-refractivity contribution in [3.05, 3.63) is 59.1 Å². The maximum Gasteiger partial charge on any atom is 0.0576 e. The second kappa shape index (κ2) is 7.32. The maximum absolute atomic E-state index is 5.94. The Bertz CT molecular complexity index is 631. The van der Waals surface area contributed by atoms with E-state index in [1.54, 1.807) is 0 Å². The van der Waals surface area contributed by atoms with E-state index in [2.05, 4.69) is 39.7 Å². The zero-order valence-corrected chi connectivity index (χ0v) is 13.3. The summed E-state index contributed by atoms with van der Waals surface area (Å²) in [5.41, 5.74) is 6.25. The van der Waals surface area contributed by atoms with E-state index in [0.29, 0.717) is 5.02 Å². The van der Waals surface area contributed by atoms with Crippen molar-refractivity contribution < 1.29 is 0 Å². The number of piperidine rings is 1. The monoisotopic (exact) mass is 313 g/mol. The molecule has 114 valence electrons. The predicted octanol–water partition coefficient (Wildman–Crippen LogP) is 4.78. The highest BCUT2D eigenvalue weighted by Crippen LogP contribution is 2.20. The molecule has 1 saturated heterocycles. The molecule has 0 radical (unpaired) electrons. The third-order valence-corrected chi connectivity index (χ3v) is 4.08. The van der Waals surface area contributed by atoms with Crippen molar-refractivity contribution in [3.8, 4) is 0 Å². The molecule has 4 heteroatoms. The van der Waals surface area contributed by atoms with Crippen LogP contribution in [0.5, 0.6) is 0 Å². The van der Waals surface area contributed by atoms with E-state index in [9.17, 15) is 0 Å². The molecule has 0 spiro atoms. The van der Waals surface area contributed by atoms with E-state index in [-0.39, 0.29) is 0 Å². The van der Waals surface area contributed by atoms with Crippen LogP contribution in [-0.2, 0) is 0 Å². The highest BCUT2D eigenvalue weighted by atomic mass is 35.5. The van der Waals surface area contributed by atoms with Crippen molar-refractivity contribution in [1.82, 2.24) is 0 Å². The highest BCUT2D eigenvalue weighted by Gasteiger charge is 2.09. The van der Waals surface area contributed by atoms with Crippen LogP contribution in [0.25, 0.3) is 0 Å². The Morgan fingerprint density at radius 3 is 2.50 bits per heavy atom. The quantitative estimate of drug-likeness (QED) is 0.650. The first kappa shape index (κ1) is 14.9. The molecule has 0 aromatic heterocycles. The van der Waals surface area contributed by atoms with Gasteiger partial charge in [-0.15, -0.1) is 0 Å². The Labute approximate surface area is 136 Å². The molecule has 0 aliphatic carbocycles. The first-order valence-electron chi connectivity index (χ1n) is 7.71. The molecule has 0 unspecified atom stereocenters. The van der Waals surface area contributed by atoms with Gasteiger partial charge in [0.2, 0.25) is 0 Å². The van der Waals surface area contributed by atoms with E-state index in [0.717, 1.165) is 11.3 Å². The number of anilines is 2. The molecule has 2 aromatic carbocycles. The average Bonchev–Trinajstić information content (AvgIpc) is 2.56. The van der Waals surface area contributed by atoms with Crippen LogP contribution in [0.3, 0.4) is 0 Å². The first-order chi connectivity index (χ1) is 10.8. The largest absolute Gasteiger partial charge is 0.372 e. The summed E-state index contributed by atoms with van der Waals surface area (Å²) in [4.78, 5) is 2.45. The topological polar surface area (TPSA) is 27.6 Å². The van der Waals surface area contributed by atoms with Gasteiger partial charge in [-0.3, -0.25) is 5.43 Å². The lowest BCUT2D eigenvalue weighted by Gasteiger charge is -2.28. The summed E-state index contributed by atoms with van der Waals surface area (Å²) in [5.74, 6) is 0. The van der Waals surface area contributed by atoms with E-state index >= 15 is 0 Å². The molecule has 1 heterocycles. The summed E-state index contributed by atoms with van der Waals surface area (Å²) < 4.78 is 0. The average molecular weight is 314 g/mol. The van der Waals surface area contributed by atoms with Gasteiger partial charge in [0.25, 0.3) is 0 Å². The van der Waals surface area contributed by atoms with Gasteiger partial charge in [-0.1, -0.05) is 29.8 Å². The van der Waals surface area contributed by atoms with Gasteiger partial charge in [0, 0.05) is 23.8 Å². The second-order valence-electron chi connectivity index (χ2n) is 5.52. The Morgan fingerprint density at radius 1 is 1.00 bits per heavy atom. The molecule has 2 aromatic rings. The third-order valence-electron chi connectivity index (χ3n) is 3.85. The molecular weight excluding hydrogens is 294 g/mol. The number of hydrogen-bond donors (Lipinski definition) is 1. The summed E-state index contributed by atoms with van der Waals surface area (Å²) in [7, 11) is 0. The van der Waals surface area contributed by atoms with Crippen LogP contribution >= 0.6 is 11.6 Å². The minimum absolute atomic E-state index is 0.700. The molecule has 1 aliphatic rings. The summed E-state index contributed by atoms with van der Waals surface area (Å²) in [6.07, 6.45) is 5.77. The number of nitrogens with one attached hydrogen (secondary N) is 1. The van der Waals surface area contributed by atoms with E-state index in [4.69, 9.17) is 11.6 Å². The minimum Gasteiger partial charge on any atom is -0.372 e. The smallest absolute Gasteiger partial charge is 0.0576 e. The number of rotatable bonds is 4. The van der Waals surface area contributed by atoms with Crippen LogP contribution in [0, 0.1) is 0 Å². The normalized spacial score (nSPS) is 15.2. The third kappa shape index (κ3) is 4.01. The van der Waals surface area contributed by atoms with Crippen LogP contribution in [0.1, 0.15) is 24.8 Å². The van der Waals surface area contributed by atoms with E-state index < -0.39 is 0 Å². The fourth-order valence-electron chi connectivity index (χ4n) is 2.66. The molecule has 0 saturated carbocycles. The predicted molar refractivity (Wildman–Crippen MR) is 95.2 cm³/mol.